The van der Waals surface area contributed by atoms with Crippen molar-refractivity contribution in [2.45, 2.75) is 19.9 Å². The SMILES string of the molecule is CCOc1ccc(CNC(=O)c2cccc(CC#N)c2)cc1F. The van der Waals surface area contributed by atoms with Gasteiger partial charge >= 0.3 is 0 Å². The average molecular weight is 312 g/mol. The summed E-state index contributed by atoms with van der Waals surface area (Å²) in [6.07, 6.45) is 0.255. The zero-order valence-corrected chi connectivity index (χ0v) is 12.8. The number of carbonyl (C=O) groups is 1. The van der Waals surface area contributed by atoms with Gasteiger partial charge in [-0.25, -0.2) is 4.39 Å². The second-order valence-electron chi connectivity index (χ2n) is 4.92. The van der Waals surface area contributed by atoms with E-state index in [1.165, 1.54) is 6.07 Å². The first-order valence-electron chi connectivity index (χ1n) is 7.29. The van der Waals surface area contributed by atoms with Crippen LogP contribution >= 0.6 is 0 Å². The molecular formula is C18H17FN2O2. The molecule has 0 saturated heterocycles. The maximum atomic E-state index is 13.8. The fourth-order valence-electron chi connectivity index (χ4n) is 2.13. The molecular weight excluding hydrogens is 295 g/mol. The highest BCUT2D eigenvalue weighted by molar-refractivity contribution is 5.94. The maximum absolute atomic E-state index is 13.8. The molecule has 0 aliphatic rings. The quantitative estimate of drug-likeness (QED) is 0.891. The number of nitriles is 1. The van der Waals surface area contributed by atoms with Crippen LogP contribution in [0.2, 0.25) is 0 Å². The van der Waals surface area contributed by atoms with Crippen LogP contribution in [0.1, 0.15) is 28.4 Å². The van der Waals surface area contributed by atoms with Crippen LogP contribution in [0, 0.1) is 17.1 Å². The molecule has 0 radical (unpaired) electrons. The highest BCUT2D eigenvalue weighted by atomic mass is 19.1. The zero-order chi connectivity index (χ0) is 16.7. The van der Waals surface area contributed by atoms with E-state index in [0.29, 0.717) is 17.7 Å². The van der Waals surface area contributed by atoms with Crippen molar-refractivity contribution in [1.82, 2.24) is 5.32 Å². The highest BCUT2D eigenvalue weighted by Crippen LogP contribution is 2.18. The van der Waals surface area contributed by atoms with Crippen LogP contribution in [0.15, 0.2) is 42.5 Å². The summed E-state index contributed by atoms with van der Waals surface area (Å²) in [5.74, 6) is -0.513. The van der Waals surface area contributed by atoms with Crippen molar-refractivity contribution in [2.24, 2.45) is 0 Å². The van der Waals surface area contributed by atoms with E-state index in [9.17, 15) is 9.18 Å². The summed E-state index contributed by atoms with van der Waals surface area (Å²) >= 11 is 0. The van der Waals surface area contributed by atoms with E-state index in [-0.39, 0.29) is 24.6 Å². The Hall–Kier alpha value is -2.87. The van der Waals surface area contributed by atoms with Gasteiger partial charge in [0.15, 0.2) is 11.6 Å². The molecule has 0 bridgehead atoms. The predicted octanol–water partition coefficient (Wildman–Crippen LogP) is 3.22. The molecule has 2 rings (SSSR count). The molecule has 0 atom stereocenters. The first kappa shape index (κ1) is 16.5. The van der Waals surface area contributed by atoms with Gasteiger partial charge in [-0.3, -0.25) is 4.79 Å². The van der Waals surface area contributed by atoms with Crippen molar-refractivity contribution in [3.05, 3.63) is 65.0 Å². The average Bonchev–Trinajstić information content (AvgIpc) is 2.55. The fourth-order valence-corrected chi connectivity index (χ4v) is 2.13. The number of hydrogen-bond acceptors (Lipinski definition) is 3. The third-order valence-electron chi connectivity index (χ3n) is 3.22. The van der Waals surface area contributed by atoms with Gasteiger partial charge in [-0.15, -0.1) is 0 Å². The summed E-state index contributed by atoms with van der Waals surface area (Å²) in [5.41, 5.74) is 1.91. The van der Waals surface area contributed by atoms with Crippen molar-refractivity contribution >= 4 is 5.91 Å². The van der Waals surface area contributed by atoms with Crippen molar-refractivity contribution in [3.8, 4) is 11.8 Å². The highest BCUT2D eigenvalue weighted by Gasteiger charge is 2.08. The first-order chi connectivity index (χ1) is 11.1. The van der Waals surface area contributed by atoms with Gasteiger partial charge in [-0.1, -0.05) is 18.2 Å². The Morgan fingerprint density at radius 2 is 2.09 bits per heavy atom. The molecule has 2 aromatic rings. The van der Waals surface area contributed by atoms with Gasteiger partial charge in [0.25, 0.3) is 5.91 Å². The first-order valence-corrected chi connectivity index (χ1v) is 7.29. The number of benzene rings is 2. The molecule has 0 aliphatic heterocycles. The van der Waals surface area contributed by atoms with Crippen molar-refractivity contribution in [3.63, 3.8) is 0 Å². The Labute approximate surface area is 134 Å². The van der Waals surface area contributed by atoms with Gasteiger partial charge in [0.05, 0.1) is 19.1 Å². The fraction of sp³-hybridized carbons (Fsp3) is 0.222. The number of hydrogen-bond donors (Lipinski definition) is 1. The minimum Gasteiger partial charge on any atom is -0.491 e. The standard InChI is InChI=1S/C18H17FN2O2/c1-2-23-17-7-6-14(11-16(17)19)12-21-18(22)15-5-3-4-13(10-15)8-9-20/h3-7,10-11H,2,8,12H2,1H3,(H,21,22). The second-order valence-corrected chi connectivity index (χ2v) is 4.92. The number of nitrogens with zero attached hydrogens (tertiary/aromatic N) is 1. The molecule has 0 saturated carbocycles. The molecule has 0 aliphatic carbocycles. The van der Waals surface area contributed by atoms with E-state index in [1.54, 1.807) is 43.3 Å². The monoisotopic (exact) mass is 312 g/mol. The molecule has 0 spiro atoms. The van der Waals surface area contributed by atoms with Crippen LogP contribution < -0.4 is 10.1 Å². The summed E-state index contributed by atoms with van der Waals surface area (Å²) < 4.78 is 18.9. The lowest BCUT2D eigenvalue weighted by molar-refractivity contribution is 0.0950. The van der Waals surface area contributed by atoms with E-state index >= 15 is 0 Å². The number of carbonyl (C=O) groups excluding carboxylic acids is 1. The molecule has 1 N–H and O–H groups in total. The minimum atomic E-state index is -0.449. The van der Waals surface area contributed by atoms with E-state index in [2.05, 4.69) is 5.32 Å². The number of halogens is 1. The number of ether oxygens (including phenoxy) is 1. The summed E-state index contributed by atoms with van der Waals surface area (Å²) in [6.45, 7) is 2.39. The van der Waals surface area contributed by atoms with Gasteiger partial charge in [-0.05, 0) is 42.3 Å². The van der Waals surface area contributed by atoms with E-state index in [1.807, 2.05) is 6.07 Å². The summed E-state index contributed by atoms with van der Waals surface area (Å²) in [7, 11) is 0. The predicted molar refractivity (Wildman–Crippen MR) is 84.5 cm³/mol. The Bertz CT molecular complexity index is 738. The summed E-state index contributed by atoms with van der Waals surface area (Å²) in [6, 6.07) is 13.5. The van der Waals surface area contributed by atoms with Gasteiger partial charge < -0.3 is 10.1 Å². The van der Waals surface area contributed by atoms with Crippen LogP contribution in [0.3, 0.4) is 0 Å². The lowest BCUT2D eigenvalue weighted by Gasteiger charge is -2.09. The van der Waals surface area contributed by atoms with Crippen molar-refractivity contribution in [1.29, 1.82) is 5.26 Å². The van der Waals surface area contributed by atoms with Gasteiger partial charge in [0, 0.05) is 12.1 Å². The molecule has 2 aromatic carbocycles. The molecule has 0 fully saturated rings. The minimum absolute atomic E-state index is 0.201. The topological polar surface area (TPSA) is 62.1 Å². The Balaban J connectivity index is 2.00. The van der Waals surface area contributed by atoms with Crippen LogP contribution in [-0.2, 0) is 13.0 Å². The van der Waals surface area contributed by atoms with Crippen LogP contribution in [-0.4, -0.2) is 12.5 Å². The summed E-state index contributed by atoms with van der Waals surface area (Å²) in [4.78, 5) is 12.1. The van der Waals surface area contributed by atoms with Crippen molar-refractivity contribution in [2.75, 3.05) is 6.61 Å². The molecule has 0 unspecified atom stereocenters. The van der Waals surface area contributed by atoms with Gasteiger partial charge in [0.2, 0.25) is 0 Å². The van der Waals surface area contributed by atoms with E-state index in [4.69, 9.17) is 10.00 Å². The lowest BCUT2D eigenvalue weighted by atomic mass is 10.1. The third kappa shape index (κ3) is 4.55. The summed E-state index contributed by atoms with van der Waals surface area (Å²) in [5, 5.41) is 11.4. The number of amides is 1. The molecule has 23 heavy (non-hydrogen) atoms. The lowest BCUT2D eigenvalue weighted by Crippen LogP contribution is -2.23. The maximum Gasteiger partial charge on any atom is 0.251 e. The Morgan fingerprint density at radius 1 is 1.26 bits per heavy atom. The number of rotatable bonds is 6. The van der Waals surface area contributed by atoms with Crippen LogP contribution in [0.4, 0.5) is 4.39 Å². The second kappa shape index (κ2) is 7.95. The Morgan fingerprint density at radius 3 is 2.78 bits per heavy atom. The van der Waals surface area contributed by atoms with Crippen molar-refractivity contribution < 1.29 is 13.9 Å². The molecule has 118 valence electrons. The van der Waals surface area contributed by atoms with Crippen LogP contribution in [0.5, 0.6) is 5.75 Å². The van der Waals surface area contributed by atoms with E-state index < -0.39 is 5.82 Å². The normalized spacial score (nSPS) is 9.96. The molecule has 1 amide bonds. The van der Waals surface area contributed by atoms with Gasteiger partial charge in [-0.2, -0.15) is 5.26 Å². The largest absolute Gasteiger partial charge is 0.491 e. The molecule has 5 heteroatoms. The molecule has 4 nitrogen and oxygen atoms in total. The Kier molecular flexibility index (Phi) is 5.70. The number of nitrogens with one attached hydrogen (secondary N) is 1. The third-order valence-corrected chi connectivity index (χ3v) is 3.22. The van der Waals surface area contributed by atoms with E-state index in [0.717, 1.165) is 5.56 Å². The van der Waals surface area contributed by atoms with Crippen LogP contribution in [0.25, 0.3) is 0 Å². The molecule has 0 heterocycles. The zero-order valence-electron chi connectivity index (χ0n) is 12.8. The molecule has 0 aromatic heterocycles. The smallest absolute Gasteiger partial charge is 0.251 e. The van der Waals surface area contributed by atoms with Gasteiger partial charge in [0.1, 0.15) is 0 Å².